The Morgan fingerprint density at radius 1 is 0.968 bits per heavy atom. The smallest absolute Gasteiger partial charge is 0.166 e. The van der Waals surface area contributed by atoms with Crippen molar-refractivity contribution < 1.29 is 10.6 Å². The van der Waals surface area contributed by atoms with Gasteiger partial charge in [-0.05, 0) is 29.0 Å². The number of piperazine rings is 1. The number of thiophene rings is 1. The van der Waals surface area contributed by atoms with Gasteiger partial charge in [0, 0.05) is 66.7 Å². The first-order chi connectivity index (χ1) is 14.6. The second-order valence-electron chi connectivity index (χ2n) is 7.83. The Labute approximate surface area is 190 Å². The number of rotatable bonds is 5. The highest BCUT2D eigenvalue weighted by atomic mass is 35.5. The van der Waals surface area contributed by atoms with E-state index in [2.05, 4.69) is 45.1 Å². The zero-order valence-corrected chi connectivity index (χ0v) is 18.7. The molecule has 0 spiro atoms. The summed E-state index contributed by atoms with van der Waals surface area (Å²) in [6.45, 7) is 4.59. The van der Waals surface area contributed by atoms with Crippen LogP contribution in [0.15, 0.2) is 66.2 Å². The van der Waals surface area contributed by atoms with Crippen LogP contribution in [0.25, 0.3) is 21.0 Å². The maximum atomic E-state index is 11.0. The van der Waals surface area contributed by atoms with Crippen molar-refractivity contribution in [1.82, 2.24) is 9.88 Å². The molecule has 3 heterocycles. The van der Waals surface area contributed by atoms with Gasteiger partial charge in [0.05, 0.1) is 5.52 Å². The minimum Gasteiger partial charge on any atom is -0.412 e. The van der Waals surface area contributed by atoms with Crippen LogP contribution in [-0.2, 0) is 5.06 Å². The van der Waals surface area contributed by atoms with Gasteiger partial charge in [-0.15, -0.1) is 11.3 Å². The van der Waals surface area contributed by atoms with Crippen LogP contribution in [0.3, 0.4) is 0 Å². The van der Waals surface area contributed by atoms with Crippen molar-refractivity contribution in [3.8, 4) is 0 Å². The summed E-state index contributed by atoms with van der Waals surface area (Å²) in [6.07, 6.45) is 2.40. The second kappa shape index (κ2) is 9.10. The molecule has 1 fully saturated rings. The number of anilines is 1. The number of nitrogens with zero attached hydrogens (tertiary/aromatic N) is 3. The van der Waals surface area contributed by atoms with Crippen molar-refractivity contribution >= 4 is 49.6 Å². The standard InChI is InChI=1S/C24H24ClN3OS.H2O/c25-24(29,20-17-30-23-8-4-2-5-18(20)23)10-12-27-13-15-28(16-14-27)22-9-11-26-21-7-3-1-6-19(21)22;/h1-9,11,17,29H,10,12-16H2;1H2. The molecule has 162 valence electrons. The molecule has 2 aromatic heterocycles. The molecule has 5 rings (SSSR count). The Bertz CT molecular complexity index is 1170. The van der Waals surface area contributed by atoms with E-state index in [1.54, 1.807) is 11.3 Å². The van der Waals surface area contributed by atoms with Gasteiger partial charge in [-0.1, -0.05) is 48.0 Å². The fraction of sp³-hybridized carbons (Fsp3) is 0.292. The van der Waals surface area contributed by atoms with Crippen LogP contribution < -0.4 is 4.90 Å². The van der Waals surface area contributed by atoms with E-state index in [0.29, 0.717) is 6.42 Å². The van der Waals surface area contributed by atoms with Crippen molar-refractivity contribution in [1.29, 1.82) is 0 Å². The molecule has 2 aromatic carbocycles. The molecule has 1 aliphatic rings. The lowest BCUT2D eigenvalue weighted by atomic mass is 10.0. The zero-order valence-electron chi connectivity index (χ0n) is 17.2. The minimum absolute atomic E-state index is 0. The fourth-order valence-electron chi connectivity index (χ4n) is 4.28. The monoisotopic (exact) mass is 455 g/mol. The molecule has 0 radical (unpaired) electrons. The summed E-state index contributed by atoms with van der Waals surface area (Å²) >= 11 is 8.24. The van der Waals surface area contributed by atoms with Crippen molar-refractivity contribution in [2.24, 2.45) is 0 Å². The van der Waals surface area contributed by atoms with Crippen molar-refractivity contribution in [3.05, 3.63) is 71.7 Å². The number of hydrogen-bond acceptors (Lipinski definition) is 5. The first-order valence-corrected chi connectivity index (χ1v) is 11.6. The van der Waals surface area contributed by atoms with Gasteiger partial charge in [-0.3, -0.25) is 9.88 Å². The number of benzene rings is 2. The molecule has 0 aliphatic carbocycles. The van der Waals surface area contributed by atoms with E-state index in [1.165, 1.54) is 11.1 Å². The molecule has 1 saturated heterocycles. The Morgan fingerprint density at radius 3 is 2.48 bits per heavy atom. The predicted octanol–water partition coefficient (Wildman–Crippen LogP) is 4.22. The van der Waals surface area contributed by atoms with Gasteiger partial charge in [0.2, 0.25) is 0 Å². The van der Waals surface area contributed by atoms with E-state index in [9.17, 15) is 5.11 Å². The summed E-state index contributed by atoms with van der Waals surface area (Å²) in [5, 5.41) is 13.9. The summed E-state index contributed by atoms with van der Waals surface area (Å²) in [4.78, 5) is 9.30. The molecule has 1 aliphatic heterocycles. The highest BCUT2D eigenvalue weighted by Crippen LogP contribution is 2.38. The van der Waals surface area contributed by atoms with Crippen LogP contribution >= 0.6 is 22.9 Å². The summed E-state index contributed by atoms with van der Waals surface area (Å²) in [6, 6.07) is 18.5. The molecule has 3 N–H and O–H groups in total. The number of aliphatic hydroxyl groups is 1. The van der Waals surface area contributed by atoms with E-state index in [-0.39, 0.29) is 5.48 Å². The van der Waals surface area contributed by atoms with Gasteiger partial charge >= 0.3 is 0 Å². The Morgan fingerprint density at radius 2 is 1.68 bits per heavy atom. The van der Waals surface area contributed by atoms with Crippen LogP contribution in [-0.4, -0.2) is 53.2 Å². The molecule has 4 aromatic rings. The summed E-state index contributed by atoms with van der Waals surface area (Å²) in [7, 11) is 0. The molecule has 1 unspecified atom stereocenters. The lowest BCUT2D eigenvalue weighted by molar-refractivity contribution is 0.0999. The van der Waals surface area contributed by atoms with Crippen molar-refractivity contribution in [2.45, 2.75) is 11.5 Å². The van der Waals surface area contributed by atoms with Gasteiger partial charge in [-0.2, -0.15) is 0 Å². The number of alkyl halides is 1. The highest BCUT2D eigenvalue weighted by molar-refractivity contribution is 7.17. The molecule has 31 heavy (non-hydrogen) atoms. The van der Waals surface area contributed by atoms with E-state index in [4.69, 9.17) is 11.6 Å². The maximum absolute atomic E-state index is 11.0. The molecule has 5 nitrogen and oxygen atoms in total. The lowest BCUT2D eigenvalue weighted by Crippen LogP contribution is -2.47. The third-order valence-electron chi connectivity index (χ3n) is 5.99. The van der Waals surface area contributed by atoms with E-state index in [0.717, 1.165) is 53.9 Å². The lowest BCUT2D eigenvalue weighted by Gasteiger charge is -2.37. The first kappa shape index (κ1) is 22.0. The SMILES string of the molecule is O.OC(Cl)(CCN1CCN(c2ccnc3ccccc23)CC1)c1csc2ccccc12. The quantitative estimate of drug-likeness (QED) is 0.457. The molecular formula is C24H26ClN3O2S. The normalized spacial score (nSPS) is 16.9. The Kier molecular flexibility index (Phi) is 6.46. The molecule has 0 bridgehead atoms. The topological polar surface area (TPSA) is 71.1 Å². The molecular weight excluding hydrogens is 430 g/mol. The minimum atomic E-state index is -1.34. The van der Waals surface area contributed by atoms with Gasteiger partial charge in [0.1, 0.15) is 0 Å². The largest absolute Gasteiger partial charge is 0.412 e. The zero-order chi connectivity index (χ0) is 20.6. The van der Waals surface area contributed by atoms with Crippen molar-refractivity contribution in [3.63, 3.8) is 0 Å². The maximum Gasteiger partial charge on any atom is 0.166 e. The molecule has 0 saturated carbocycles. The Hall–Kier alpha value is -2.22. The molecule has 0 amide bonds. The van der Waals surface area contributed by atoms with E-state index < -0.39 is 5.06 Å². The number of fused-ring (bicyclic) bond motifs is 2. The highest BCUT2D eigenvalue weighted by Gasteiger charge is 2.30. The number of halogens is 1. The van der Waals surface area contributed by atoms with Gasteiger partial charge in [0.25, 0.3) is 0 Å². The average molecular weight is 456 g/mol. The predicted molar refractivity (Wildman–Crippen MR) is 130 cm³/mol. The molecule has 7 heteroatoms. The number of hydrogen-bond donors (Lipinski definition) is 1. The van der Waals surface area contributed by atoms with Gasteiger partial charge < -0.3 is 15.5 Å². The number of aromatic nitrogens is 1. The van der Waals surface area contributed by atoms with E-state index >= 15 is 0 Å². The number of para-hydroxylation sites is 1. The first-order valence-electron chi connectivity index (χ1n) is 10.3. The van der Waals surface area contributed by atoms with Crippen LogP contribution in [0.5, 0.6) is 0 Å². The van der Waals surface area contributed by atoms with E-state index in [1.807, 2.05) is 35.8 Å². The summed E-state index contributed by atoms with van der Waals surface area (Å²) in [5.41, 5.74) is 3.11. The third kappa shape index (κ3) is 4.40. The summed E-state index contributed by atoms with van der Waals surface area (Å²) in [5.74, 6) is 0. The van der Waals surface area contributed by atoms with Gasteiger partial charge in [-0.25, -0.2) is 0 Å². The van der Waals surface area contributed by atoms with Crippen LogP contribution in [0.2, 0.25) is 0 Å². The van der Waals surface area contributed by atoms with Crippen molar-refractivity contribution in [2.75, 3.05) is 37.6 Å². The van der Waals surface area contributed by atoms with Crippen LogP contribution in [0.4, 0.5) is 5.69 Å². The van der Waals surface area contributed by atoms with Gasteiger partial charge in [0.15, 0.2) is 5.06 Å². The van der Waals surface area contributed by atoms with Crippen LogP contribution in [0.1, 0.15) is 12.0 Å². The Balaban J connectivity index is 0.00000231. The number of pyridine rings is 1. The average Bonchev–Trinajstić information content (AvgIpc) is 3.23. The molecule has 1 atom stereocenters. The summed E-state index contributed by atoms with van der Waals surface area (Å²) < 4.78 is 1.16. The third-order valence-corrected chi connectivity index (χ3v) is 7.35. The fourth-order valence-corrected chi connectivity index (χ4v) is 5.62. The second-order valence-corrected chi connectivity index (χ2v) is 9.37. The van der Waals surface area contributed by atoms with Crippen LogP contribution in [0, 0.1) is 0 Å².